The van der Waals surface area contributed by atoms with Crippen molar-refractivity contribution in [3.63, 3.8) is 0 Å². The number of hydrogen-bond acceptors (Lipinski definition) is 3. The summed E-state index contributed by atoms with van der Waals surface area (Å²) in [6, 6.07) is 5.75. The lowest BCUT2D eigenvalue weighted by atomic mass is 10.2. The maximum Gasteiger partial charge on any atom is 0.122 e. The molecule has 5 heteroatoms. The lowest BCUT2D eigenvalue weighted by molar-refractivity contribution is 0.122. The molecule has 1 fully saturated rings. The number of benzene rings is 1. The Morgan fingerprint density at radius 2 is 2.06 bits per heavy atom. The number of hydrogen-bond donors (Lipinski definition) is 2. The molecule has 2 rings (SSSR count). The molecule has 0 amide bonds. The minimum atomic E-state index is 0.0919. The Labute approximate surface area is 103 Å². The average molecular weight is 284 g/mol. The smallest absolute Gasteiger partial charge is 0.122 e. The van der Waals surface area contributed by atoms with Crippen molar-refractivity contribution in [2.45, 2.75) is 0 Å². The third-order valence-corrected chi connectivity index (χ3v) is 3.25. The lowest BCUT2D eigenvalue weighted by Gasteiger charge is -2.29. The maximum atomic E-state index is 7.37. The van der Waals surface area contributed by atoms with Crippen molar-refractivity contribution in [3.8, 4) is 0 Å². The van der Waals surface area contributed by atoms with Gasteiger partial charge in [0.1, 0.15) is 5.84 Å². The van der Waals surface area contributed by atoms with Crippen LogP contribution in [0.2, 0.25) is 0 Å². The van der Waals surface area contributed by atoms with E-state index in [2.05, 4.69) is 20.8 Å². The van der Waals surface area contributed by atoms with Gasteiger partial charge in [0, 0.05) is 23.1 Å². The van der Waals surface area contributed by atoms with E-state index in [0.29, 0.717) is 0 Å². The Balaban J connectivity index is 2.24. The predicted molar refractivity (Wildman–Crippen MR) is 68.2 cm³/mol. The van der Waals surface area contributed by atoms with Gasteiger partial charge in [-0.2, -0.15) is 0 Å². The van der Waals surface area contributed by atoms with Crippen molar-refractivity contribution in [3.05, 3.63) is 28.2 Å². The van der Waals surface area contributed by atoms with E-state index in [0.717, 1.165) is 42.0 Å². The molecule has 3 N–H and O–H groups in total. The zero-order valence-corrected chi connectivity index (χ0v) is 10.5. The molecule has 0 atom stereocenters. The van der Waals surface area contributed by atoms with E-state index in [1.807, 2.05) is 18.2 Å². The van der Waals surface area contributed by atoms with Crippen LogP contribution in [-0.4, -0.2) is 32.1 Å². The van der Waals surface area contributed by atoms with E-state index in [1.54, 1.807) is 0 Å². The van der Waals surface area contributed by atoms with Crippen LogP contribution in [0.4, 0.5) is 5.69 Å². The molecule has 0 spiro atoms. The lowest BCUT2D eigenvalue weighted by Crippen LogP contribution is -2.36. The van der Waals surface area contributed by atoms with Crippen LogP contribution in [0.1, 0.15) is 5.56 Å². The van der Waals surface area contributed by atoms with Crippen molar-refractivity contribution < 1.29 is 4.74 Å². The van der Waals surface area contributed by atoms with Crippen LogP contribution in [0.5, 0.6) is 0 Å². The van der Waals surface area contributed by atoms with Gasteiger partial charge in [0.15, 0.2) is 0 Å². The van der Waals surface area contributed by atoms with Crippen molar-refractivity contribution in [1.82, 2.24) is 0 Å². The number of rotatable bonds is 2. The Bertz CT molecular complexity index is 402. The SMILES string of the molecule is N=C(N)c1ccc(N2CCOCC2)c(Br)c1. The number of ether oxygens (including phenoxy) is 1. The average Bonchev–Trinajstić information content (AvgIpc) is 2.30. The van der Waals surface area contributed by atoms with Gasteiger partial charge in [-0.1, -0.05) is 0 Å². The van der Waals surface area contributed by atoms with Crippen LogP contribution in [0.25, 0.3) is 0 Å². The van der Waals surface area contributed by atoms with Gasteiger partial charge in [-0.15, -0.1) is 0 Å². The Morgan fingerprint density at radius 3 is 2.62 bits per heavy atom. The van der Waals surface area contributed by atoms with Gasteiger partial charge < -0.3 is 15.4 Å². The summed E-state index contributed by atoms with van der Waals surface area (Å²) in [7, 11) is 0. The van der Waals surface area contributed by atoms with E-state index < -0.39 is 0 Å². The van der Waals surface area contributed by atoms with Crippen LogP contribution in [0.3, 0.4) is 0 Å². The molecule has 0 bridgehead atoms. The highest BCUT2D eigenvalue weighted by Crippen LogP contribution is 2.27. The van der Waals surface area contributed by atoms with E-state index in [4.69, 9.17) is 15.9 Å². The highest BCUT2D eigenvalue weighted by Gasteiger charge is 2.14. The number of nitrogens with zero attached hydrogens (tertiary/aromatic N) is 1. The summed E-state index contributed by atoms with van der Waals surface area (Å²) in [6.45, 7) is 3.33. The summed E-state index contributed by atoms with van der Waals surface area (Å²) in [5.74, 6) is 0.0919. The van der Waals surface area contributed by atoms with Crippen molar-refractivity contribution in [1.29, 1.82) is 5.41 Å². The van der Waals surface area contributed by atoms with E-state index in [-0.39, 0.29) is 5.84 Å². The molecule has 4 nitrogen and oxygen atoms in total. The molecule has 0 aromatic heterocycles. The zero-order valence-electron chi connectivity index (χ0n) is 8.87. The molecular formula is C11H14BrN3O. The zero-order chi connectivity index (χ0) is 11.5. The van der Waals surface area contributed by atoms with Gasteiger partial charge in [0.25, 0.3) is 0 Å². The fraction of sp³-hybridized carbons (Fsp3) is 0.364. The Hall–Kier alpha value is -1.07. The second-order valence-corrected chi connectivity index (χ2v) is 4.53. The van der Waals surface area contributed by atoms with Gasteiger partial charge >= 0.3 is 0 Å². The summed E-state index contributed by atoms with van der Waals surface area (Å²) in [5, 5.41) is 7.37. The summed E-state index contributed by atoms with van der Waals surface area (Å²) < 4.78 is 6.29. The highest BCUT2D eigenvalue weighted by molar-refractivity contribution is 9.10. The number of halogens is 1. The first kappa shape index (κ1) is 11.4. The van der Waals surface area contributed by atoms with Crippen LogP contribution < -0.4 is 10.6 Å². The van der Waals surface area contributed by atoms with Crippen LogP contribution >= 0.6 is 15.9 Å². The number of nitrogen functional groups attached to an aromatic ring is 1. The van der Waals surface area contributed by atoms with Gasteiger partial charge in [-0.25, -0.2) is 0 Å². The van der Waals surface area contributed by atoms with Gasteiger partial charge in [-0.05, 0) is 34.1 Å². The second kappa shape index (κ2) is 4.84. The molecule has 0 aliphatic carbocycles. The van der Waals surface area contributed by atoms with Crippen LogP contribution in [0.15, 0.2) is 22.7 Å². The first-order valence-corrected chi connectivity index (χ1v) is 5.94. The normalized spacial score (nSPS) is 16.2. The predicted octanol–water partition coefficient (Wildman–Crippen LogP) is 1.57. The molecule has 0 unspecified atom stereocenters. The first-order valence-electron chi connectivity index (χ1n) is 5.15. The van der Waals surface area contributed by atoms with Gasteiger partial charge in [0.2, 0.25) is 0 Å². The Morgan fingerprint density at radius 1 is 1.38 bits per heavy atom. The molecule has 1 saturated heterocycles. The summed E-state index contributed by atoms with van der Waals surface area (Å²) >= 11 is 3.52. The molecule has 1 aromatic rings. The topological polar surface area (TPSA) is 62.3 Å². The summed E-state index contributed by atoms with van der Waals surface area (Å²) in [5.41, 5.74) is 7.31. The number of anilines is 1. The maximum absolute atomic E-state index is 7.37. The standard InChI is InChI=1S/C11H14BrN3O/c12-9-7-8(11(13)14)1-2-10(9)15-3-5-16-6-4-15/h1-2,7H,3-6H2,(H3,13,14). The number of nitrogens with two attached hydrogens (primary N) is 1. The third-order valence-electron chi connectivity index (χ3n) is 2.61. The second-order valence-electron chi connectivity index (χ2n) is 3.68. The number of nitrogens with one attached hydrogen (secondary N) is 1. The van der Waals surface area contributed by atoms with Gasteiger partial charge in [-0.3, -0.25) is 5.41 Å². The molecule has 1 heterocycles. The van der Waals surface area contributed by atoms with Crippen molar-refractivity contribution in [2.75, 3.05) is 31.2 Å². The highest BCUT2D eigenvalue weighted by atomic mass is 79.9. The van der Waals surface area contributed by atoms with Crippen LogP contribution in [-0.2, 0) is 4.74 Å². The first-order chi connectivity index (χ1) is 7.68. The minimum Gasteiger partial charge on any atom is -0.384 e. The fourth-order valence-corrected chi connectivity index (χ4v) is 2.36. The minimum absolute atomic E-state index is 0.0919. The Kier molecular flexibility index (Phi) is 3.46. The molecule has 0 radical (unpaired) electrons. The van der Waals surface area contributed by atoms with Crippen molar-refractivity contribution >= 4 is 27.5 Å². The number of amidine groups is 1. The molecule has 0 saturated carbocycles. The number of morpholine rings is 1. The monoisotopic (exact) mass is 283 g/mol. The van der Waals surface area contributed by atoms with Crippen LogP contribution in [0, 0.1) is 5.41 Å². The fourth-order valence-electron chi connectivity index (χ4n) is 1.74. The summed E-state index contributed by atoms with van der Waals surface area (Å²) in [6.07, 6.45) is 0. The molecule has 1 aliphatic heterocycles. The summed E-state index contributed by atoms with van der Waals surface area (Å²) in [4.78, 5) is 2.26. The quantitative estimate of drug-likeness (QED) is 0.640. The molecular weight excluding hydrogens is 270 g/mol. The third kappa shape index (κ3) is 2.36. The largest absolute Gasteiger partial charge is 0.384 e. The van der Waals surface area contributed by atoms with Gasteiger partial charge in [0.05, 0.1) is 18.9 Å². The van der Waals surface area contributed by atoms with E-state index in [9.17, 15) is 0 Å². The van der Waals surface area contributed by atoms with Crippen molar-refractivity contribution in [2.24, 2.45) is 5.73 Å². The molecule has 86 valence electrons. The van der Waals surface area contributed by atoms with E-state index >= 15 is 0 Å². The molecule has 16 heavy (non-hydrogen) atoms. The molecule has 1 aromatic carbocycles. The molecule has 1 aliphatic rings. The van der Waals surface area contributed by atoms with E-state index in [1.165, 1.54) is 0 Å².